The van der Waals surface area contributed by atoms with Crippen LogP contribution in [0.3, 0.4) is 0 Å². The van der Waals surface area contributed by atoms with Crippen LogP contribution in [0.4, 0.5) is 0 Å². The molecule has 0 aliphatic heterocycles. The molecule has 0 spiro atoms. The Kier molecular flexibility index (Phi) is 5.87. The zero-order chi connectivity index (χ0) is 14.3. The second kappa shape index (κ2) is 7.42. The maximum atomic E-state index is 11.6. The van der Waals surface area contributed by atoms with Gasteiger partial charge in [0.2, 0.25) is 5.91 Å². The van der Waals surface area contributed by atoms with Crippen molar-refractivity contribution in [2.45, 2.75) is 39.7 Å². The van der Waals surface area contributed by atoms with E-state index in [9.17, 15) is 4.79 Å². The number of rotatable bonds is 6. The van der Waals surface area contributed by atoms with Crippen molar-refractivity contribution in [1.82, 2.24) is 5.32 Å². The zero-order valence-electron chi connectivity index (χ0n) is 11.7. The first kappa shape index (κ1) is 15.0. The van der Waals surface area contributed by atoms with Crippen molar-refractivity contribution in [3.8, 4) is 11.8 Å². The first-order chi connectivity index (χ1) is 9.08. The van der Waals surface area contributed by atoms with Crippen LogP contribution >= 0.6 is 0 Å². The van der Waals surface area contributed by atoms with Gasteiger partial charge in [-0.05, 0) is 37.5 Å². The number of ether oxygens (including phenoxy) is 1. The van der Waals surface area contributed by atoms with Crippen molar-refractivity contribution in [3.63, 3.8) is 0 Å². The Morgan fingerprint density at radius 3 is 2.84 bits per heavy atom. The summed E-state index contributed by atoms with van der Waals surface area (Å²) in [6.45, 7) is 6.19. The fourth-order valence-electron chi connectivity index (χ4n) is 1.63. The highest BCUT2D eigenvalue weighted by molar-refractivity contribution is 5.76. The summed E-state index contributed by atoms with van der Waals surface area (Å²) in [4.78, 5) is 11.6. The van der Waals surface area contributed by atoms with Crippen molar-refractivity contribution < 1.29 is 9.53 Å². The van der Waals surface area contributed by atoms with Crippen molar-refractivity contribution in [1.29, 1.82) is 5.26 Å². The van der Waals surface area contributed by atoms with Gasteiger partial charge in [0, 0.05) is 0 Å². The lowest BCUT2D eigenvalue weighted by molar-refractivity contribution is -0.121. The molecule has 19 heavy (non-hydrogen) atoms. The Morgan fingerprint density at radius 2 is 2.21 bits per heavy atom. The van der Waals surface area contributed by atoms with Crippen LogP contribution < -0.4 is 10.1 Å². The molecule has 102 valence electrons. The number of nitrogens with zero attached hydrogens (tertiary/aromatic N) is 1. The van der Waals surface area contributed by atoms with E-state index in [1.165, 1.54) is 0 Å². The predicted molar refractivity (Wildman–Crippen MR) is 73.9 cm³/mol. The fraction of sp³-hybridized carbons (Fsp3) is 0.467. The molecule has 0 aromatic heterocycles. The molecule has 1 N–H and O–H groups in total. The molecule has 0 fully saturated rings. The number of hydrogen-bond donors (Lipinski definition) is 1. The van der Waals surface area contributed by atoms with Gasteiger partial charge in [0.25, 0.3) is 0 Å². The highest BCUT2D eigenvalue weighted by Gasteiger charge is 2.09. The molecule has 0 aliphatic carbocycles. The molecule has 1 unspecified atom stereocenters. The van der Waals surface area contributed by atoms with Crippen molar-refractivity contribution in [3.05, 3.63) is 29.3 Å². The van der Waals surface area contributed by atoms with Crippen LogP contribution in [-0.2, 0) is 4.79 Å². The number of nitrogens with one attached hydrogen (secondary N) is 1. The van der Waals surface area contributed by atoms with Gasteiger partial charge in [0.05, 0.1) is 19.1 Å². The second-order valence-corrected chi connectivity index (χ2v) is 4.45. The van der Waals surface area contributed by atoms with Crippen LogP contribution in [0.5, 0.6) is 5.75 Å². The average Bonchev–Trinajstić information content (AvgIpc) is 2.41. The SMILES string of the molecule is CCC(C#N)NC(=O)CCOc1cccc(C)c1C. The maximum Gasteiger partial charge on any atom is 0.224 e. The molecular weight excluding hydrogens is 240 g/mol. The lowest BCUT2D eigenvalue weighted by atomic mass is 10.1. The molecule has 1 aromatic rings. The number of nitriles is 1. The van der Waals surface area contributed by atoms with E-state index < -0.39 is 6.04 Å². The molecule has 0 aliphatic rings. The van der Waals surface area contributed by atoms with Gasteiger partial charge in [-0.15, -0.1) is 0 Å². The Morgan fingerprint density at radius 1 is 1.47 bits per heavy atom. The monoisotopic (exact) mass is 260 g/mol. The maximum absolute atomic E-state index is 11.6. The first-order valence-corrected chi connectivity index (χ1v) is 6.46. The van der Waals surface area contributed by atoms with Gasteiger partial charge in [0.15, 0.2) is 0 Å². The average molecular weight is 260 g/mol. The third kappa shape index (κ3) is 4.63. The van der Waals surface area contributed by atoms with Crippen LogP contribution in [0.25, 0.3) is 0 Å². The van der Waals surface area contributed by atoms with Crippen LogP contribution in [0.15, 0.2) is 18.2 Å². The standard InChI is InChI=1S/C15H20N2O2/c1-4-13(10-16)17-15(18)8-9-19-14-7-5-6-11(2)12(14)3/h5-7,13H,4,8-9H2,1-3H3,(H,17,18). The van der Waals surface area contributed by atoms with E-state index in [-0.39, 0.29) is 12.3 Å². The van der Waals surface area contributed by atoms with Crippen molar-refractivity contribution in [2.75, 3.05) is 6.61 Å². The number of hydrogen-bond acceptors (Lipinski definition) is 3. The minimum absolute atomic E-state index is 0.154. The summed E-state index contributed by atoms with van der Waals surface area (Å²) in [6.07, 6.45) is 0.867. The van der Waals surface area contributed by atoms with E-state index in [0.29, 0.717) is 13.0 Å². The quantitative estimate of drug-likeness (QED) is 0.854. The Bertz CT molecular complexity index is 478. The van der Waals surface area contributed by atoms with Gasteiger partial charge in [-0.2, -0.15) is 5.26 Å². The predicted octanol–water partition coefficient (Wildman–Crippen LogP) is 2.49. The van der Waals surface area contributed by atoms with Gasteiger partial charge >= 0.3 is 0 Å². The number of benzene rings is 1. The molecule has 1 rings (SSSR count). The van der Waals surface area contributed by atoms with Gasteiger partial charge in [0.1, 0.15) is 11.8 Å². The number of carbonyl (C=O) groups excluding carboxylic acids is 1. The molecule has 0 radical (unpaired) electrons. The third-order valence-corrected chi connectivity index (χ3v) is 3.04. The highest BCUT2D eigenvalue weighted by Crippen LogP contribution is 2.20. The van der Waals surface area contributed by atoms with E-state index in [2.05, 4.69) is 5.32 Å². The fourth-order valence-corrected chi connectivity index (χ4v) is 1.63. The first-order valence-electron chi connectivity index (χ1n) is 6.46. The molecule has 0 saturated heterocycles. The van der Waals surface area contributed by atoms with E-state index in [1.54, 1.807) is 0 Å². The third-order valence-electron chi connectivity index (χ3n) is 3.04. The molecular formula is C15H20N2O2. The van der Waals surface area contributed by atoms with E-state index >= 15 is 0 Å². The van der Waals surface area contributed by atoms with E-state index in [4.69, 9.17) is 10.00 Å². The number of amides is 1. The summed E-state index contributed by atoms with van der Waals surface area (Å²) in [7, 11) is 0. The number of aryl methyl sites for hydroxylation is 1. The van der Waals surface area contributed by atoms with Crippen molar-refractivity contribution in [2.24, 2.45) is 0 Å². The van der Waals surface area contributed by atoms with Crippen LogP contribution in [-0.4, -0.2) is 18.6 Å². The van der Waals surface area contributed by atoms with Gasteiger partial charge in [-0.3, -0.25) is 4.79 Å². The van der Waals surface area contributed by atoms with E-state index in [1.807, 2.05) is 45.0 Å². The molecule has 0 saturated carbocycles. The molecule has 1 aromatic carbocycles. The minimum Gasteiger partial charge on any atom is -0.493 e. The highest BCUT2D eigenvalue weighted by atomic mass is 16.5. The van der Waals surface area contributed by atoms with Crippen molar-refractivity contribution >= 4 is 5.91 Å². The Labute approximate surface area is 114 Å². The normalized spacial score (nSPS) is 11.5. The smallest absolute Gasteiger partial charge is 0.224 e. The number of carbonyl (C=O) groups is 1. The minimum atomic E-state index is -0.409. The summed E-state index contributed by atoms with van der Waals surface area (Å²) >= 11 is 0. The molecule has 1 amide bonds. The van der Waals surface area contributed by atoms with Crippen LogP contribution in [0.2, 0.25) is 0 Å². The van der Waals surface area contributed by atoms with Crippen LogP contribution in [0.1, 0.15) is 30.9 Å². The molecule has 0 bridgehead atoms. The topological polar surface area (TPSA) is 62.1 Å². The molecule has 4 nitrogen and oxygen atoms in total. The Balaban J connectivity index is 2.40. The summed E-state index contributed by atoms with van der Waals surface area (Å²) in [6, 6.07) is 7.47. The molecule has 1 atom stereocenters. The molecule has 0 heterocycles. The summed E-state index contributed by atoms with van der Waals surface area (Å²) in [5, 5.41) is 11.4. The zero-order valence-corrected chi connectivity index (χ0v) is 11.7. The van der Waals surface area contributed by atoms with Gasteiger partial charge < -0.3 is 10.1 Å². The lowest BCUT2D eigenvalue weighted by Crippen LogP contribution is -2.33. The second-order valence-electron chi connectivity index (χ2n) is 4.45. The molecule has 4 heteroatoms. The lowest BCUT2D eigenvalue weighted by Gasteiger charge is -2.12. The van der Waals surface area contributed by atoms with Gasteiger partial charge in [-0.1, -0.05) is 19.1 Å². The summed E-state index contributed by atoms with van der Waals surface area (Å²) in [5.41, 5.74) is 2.25. The largest absolute Gasteiger partial charge is 0.493 e. The summed E-state index contributed by atoms with van der Waals surface area (Å²) in [5.74, 6) is 0.652. The van der Waals surface area contributed by atoms with E-state index in [0.717, 1.165) is 16.9 Å². The van der Waals surface area contributed by atoms with Gasteiger partial charge in [-0.25, -0.2) is 0 Å². The Hall–Kier alpha value is -2.02. The van der Waals surface area contributed by atoms with Crippen LogP contribution in [0, 0.1) is 25.2 Å². The summed E-state index contributed by atoms with van der Waals surface area (Å²) < 4.78 is 5.59.